The van der Waals surface area contributed by atoms with E-state index in [1.54, 1.807) is 0 Å². The third-order valence-electron chi connectivity index (χ3n) is 3.56. The van der Waals surface area contributed by atoms with Crippen LogP contribution in [0.25, 0.3) is 0 Å². The van der Waals surface area contributed by atoms with Gasteiger partial charge in [0, 0.05) is 38.1 Å². The number of aliphatic carboxylic acids is 2. The Bertz CT molecular complexity index is 542. The lowest BCUT2D eigenvalue weighted by atomic mass is 10.0. The highest BCUT2D eigenvalue weighted by molar-refractivity contribution is 6.12. The highest BCUT2D eigenvalue weighted by atomic mass is 16.4. The number of carbonyl (C=O) groups is 6. The average molecular weight is 310 g/mol. The zero-order valence-corrected chi connectivity index (χ0v) is 11.2. The van der Waals surface area contributed by atoms with Gasteiger partial charge in [-0.15, -0.1) is 0 Å². The summed E-state index contributed by atoms with van der Waals surface area (Å²) in [6, 6.07) is 0. The van der Waals surface area contributed by atoms with Crippen molar-refractivity contribution in [1.29, 1.82) is 0 Å². The smallest absolute Gasteiger partial charge is 0.231 e. The third-order valence-corrected chi connectivity index (χ3v) is 3.56. The van der Waals surface area contributed by atoms with E-state index >= 15 is 0 Å². The van der Waals surface area contributed by atoms with Crippen LogP contribution in [0.2, 0.25) is 0 Å². The van der Waals surface area contributed by atoms with Crippen molar-refractivity contribution in [1.82, 2.24) is 9.80 Å². The first-order valence-electron chi connectivity index (χ1n) is 6.35. The minimum absolute atomic E-state index is 0.124. The minimum Gasteiger partial charge on any atom is -0.550 e. The number of likely N-dealkylation sites (tertiary alicyclic amines) is 2. The van der Waals surface area contributed by atoms with Crippen molar-refractivity contribution in [2.75, 3.05) is 0 Å². The standard InChI is InChI=1S/C12H12N2O8/c15-6-1-2-7(16)13(6)12(11(21)22,5-10(19)20)14-8(17)3-4-9(14)18/h1-5H2,(H,19,20)(H,21,22)/p-2. The molecule has 2 aliphatic heterocycles. The molecule has 0 aromatic carbocycles. The van der Waals surface area contributed by atoms with Crippen LogP contribution < -0.4 is 10.2 Å². The van der Waals surface area contributed by atoms with E-state index < -0.39 is 47.7 Å². The summed E-state index contributed by atoms with van der Waals surface area (Å²) < 4.78 is 0. The van der Waals surface area contributed by atoms with Gasteiger partial charge in [-0.05, 0) is 0 Å². The molecule has 4 amide bonds. The van der Waals surface area contributed by atoms with Crippen molar-refractivity contribution in [2.45, 2.75) is 37.8 Å². The van der Waals surface area contributed by atoms with E-state index in [1.807, 2.05) is 0 Å². The maximum absolute atomic E-state index is 11.8. The molecule has 0 radical (unpaired) electrons. The average Bonchev–Trinajstić information content (AvgIpc) is 2.91. The number of hydrogen-bond acceptors (Lipinski definition) is 8. The van der Waals surface area contributed by atoms with Gasteiger partial charge in [-0.25, -0.2) is 0 Å². The molecule has 2 aliphatic rings. The molecular weight excluding hydrogens is 300 g/mol. The molecule has 2 heterocycles. The summed E-state index contributed by atoms with van der Waals surface area (Å²) >= 11 is 0. The fourth-order valence-corrected chi connectivity index (χ4v) is 2.69. The number of carbonyl (C=O) groups excluding carboxylic acids is 6. The van der Waals surface area contributed by atoms with Gasteiger partial charge in [-0.3, -0.25) is 29.0 Å². The Hall–Kier alpha value is -2.78. The van der Waals surface area contributed by atoms with Gasteiger partial charge >= 0.3 is 0 Å². The zero-order chi connectivity index (χ0) is 16.7. The Morgan fingerprint density at radius 3 is 1.36 bits per heavy atom. The molecule has 22 heavy (non-hydrogen) atoms. The first kappa shape index (κ1) is 15.6. The molecule has 0 aromatic rings. The fraction of sp³-hybridized carbons (Fsp3) is 0.500. The lowest BCUT2D eigenvalue weighted by Gasteiger charge is -2.46. The van der Waals surface area contributed by atoms with Gasteiger partial charge < -0.3 is 19.8 Å². The Morgan fingerprint density at radius 1 is 0.818 bits per heavy atom. The number of carboxylic acids is 2. The zero-order valence-electron chi connectivity index (χ0n) is 11.2. The Labute approximate surface area is 123 Å². The predicted octanol–water partition coefficient (Wildman–Crippen LogP) is -4.13. The summed E-state index contributed by atoms with van der Waals surface area (Å²) in [6.45, 7) is 0. The molecule has 0 aliphatic carbocycles. The SMILES string of the molecule is O=C([O-])CC(C(=O)[O-])(N1C(=O)CCC1=O)N1C(=O)CCC1=O. The number of rotatable bonds is 5. The number of hydrogen-bond donors (Lipinski definition) is 0. The van der Waals surface area contributed by atoms with E-state index in [1.165, 1.54) is 0 Å². The summed E-state index contributed by atoms with van der Waals surface area (Å²) in [5, 5.41) is 22.6. The van der Waals surface area contributed by atoms with Gasteiger partial charge in [0.25, 0.3) is 0 Å². The van der Waals surface area contributed by atoms with Crippen LogP contribution in [-0.2, 0) is 28.8 Å². The lowest BCUT2D eigenvalue weighted by molar-refractivity contribution is -0.333. The van der Waals surface area contributed by atoms with Crippen LogP contribution in [0.15, 0.2) is 0 Å². The lowest BCUT2D eigenvalue weighted by Crippen LogP contribution is -2.73. The normalized spacial score (nSPS) is 19.3. The summed E-state index contributed by atoms with van der Waals surface area (Å²) in [6.07, 6.45) is -2.84. The van der Waals surface area contributed by atoms with Crippen LogP contribution in [0.4, 0.5) is 0 Å². The molecule has 2 saturated heterocycles. The second-order valence-electron chi connectivity index (χ2n) is 4.90. The maximum atomic E-state index is 11.8. The quantitative estimate of drug-likeness (QED) is 0.463. The Balaban J connectivity index is 2.66. The van der Waals surface area contributed by atoms with Gasteiger partial charge in [-0.2, -0.15) is 0 Å². The molecule has 10 heteroatoms. The molecule has 0 N–H and O–H groups in total. The predicted molar refractivity (Wildman–Crippen MR) is 59.5 cm³/mol. The van der Waals surface area contributed by atoms with Crippen molar-refractivity contribution >= 4 is 35.6 Å². The van der Waals surface area contributed by atoms with E-state index in [4.69, 9.17) is 0 Å². The monoisotopic (exact) mass is 310 g/mol. The molecule has 0 saturated carbocycles. The number of carboxylic acid groups (broad SMARTS) is 2. The van der Waals surface area contributed by atoms with Crippen molar-refractivity contribution in [2.24, 2.45) is 0 Å². The van der Waals surface area contributed by atoms with E-state index in [0.717, 1.165) is 0 Å². The molecule has 0 unspecified atom stereocenters. The summed E-state index contributed by atoms with van der Waals surface area (Å²) in [4.78, 5) is 70.2. The van der Waals surface area contributed by atoms with Crippen LogP contribution in [0.5, 0.6) is 0 Å². The fourth-order valence-electron chi connectivity index (χ4n) is 2.69. The van der Waals surface area contributed by atoms with E-state index in [2.05, 4.69) is 0 Å². The maximum Gasteiger partial charge on any atom is 0.231 e. The largest absolute Gasteiger partial charge is 0.550 e. The highest BCUT2D eigenvalue weighted by Gasteiger charge is 2.56. The van der Waals surface area contributed by atoms with Crippen LogP contribution in [-0.4, -0.2) is 51.0 Å². The van der Waals surface area contributed by atoms with Crippen molar-refractivity contribution in [3.05, 3.63) is 0 Å². The molecule has 118 valence electrons. The number of nitrogens with zero attached hydrogens (tertiary/aromatic N) is 2. The van der Waals surface area contributed by atoms with Gasteiger partial charge in [0.05, 0.1) is 5.97 Å². The second kappa shape index (κ2) is 5.20. The highest BCUT2D eigenvalue weighted by Crippen LogP contribution is 2.34. The minimum atomic E-state index is -3.02. The Morgan fingerprint density at radius 2 is 1.14 bits per heavy atom. The van der Waals surface area contributed by atoms with Gasteiger partial charge in [0.1, 0.15) is 0 Å². The number of imide groups is 2. The summed E-state index contributed by atoms with van der Waals surface area (Å²) in [5.74, 6) is -8.15. The topological polar surface area (TPSA) is 155 Å². The van der Waals surface area contributed by atoms with E-state index in [-0.39, 0.29) is 35.5 Å². The third kappa shape index (κ3) is 2.12. The van der Waals surface area contributed by atoms with E-state index in [0.29, 0.717) is 0 Å². The summed E-state index contributed by atoms with van der Waals surface area (Å²) in [7, 11) is 0. The first-order chi connectivity index (χ1) is 10.2. The van der Waals surface area contributed by atoms with Crippen LogP contribution in [0.1, 0.15) is 32.1 Å². The molecular formula is C12H10N2O8-2. The van der Waals surface area contributed by atoms with Crippen LogP contribution >= 0.6 is 0 Å². The molecule has 2 rings (SSSR count). The van der Waals surface area contributed by atoms with Gasteiger partial charge in [0.15, 0.2) is 5.66 Å². The molecule has 0 spiro atoms. The summed E-state index contributed by atoms with van der Waals surface area (Å²) in [5.41, 5.74) is -3.02. The van der Waals surface area contributed by atoms with E-state index in [9.17, 15) is 39.0 Å². The number of amides is 4. The van der Waals surface area contributed by atoms with Gasteiger partial charge in [-0.1, -0.05) is 0 Å². The Kier molecular flexibility index (Phi) is 3.69. The molecule has 0 aromatic heterocycles. The van der Waals surface area contributed by atoms with Crippen molar-refractivity contribution in [3.63, 3.8) is 0 Å². The van der Waals surface area contributed by atoms with Crippen molar-refractivity contribution in [3.8, 4) is 0 Å². The molecule has 0 atom stereocenters. The first-order valence-corrected chi connectivity index (χ1v) is 6.35. The molecule has 2 fully saturated rings. The van der Waals surface area contributed by atoms with Gasteiger partial charge in [0.2, 0.25) is 23.6 Å². The van der Waals surface area contributed by atoms with Crippen LogP contribution in [0.3, 0.4) is 0 Å². The van der Waals surface area contributed by atoms with Crippen LogP contribution in [0, 0.1) is 0 Å². The second-order valence-corrected chi connectivity index (χ2v) is 4.90. The van der Waals surface area contributed by atoms with Crippen molar-refractivity contribution < 1.29 is 39.0 Å². The molecule has 10 nitrogen and oxygen atoms in total. The molecule has 0 bridgehead atoms.